The van der Waals surface area contributed by atoms with Gasteiger partial charge in [-0.3, -0.25) is 0 Å². The molecule has 0 saturated carbocycles. The molecule has 0 spiro atoms. The third-order valence-electron chi connectivity index (χ3n) is 3.19. The van der Waals surface area contributed by atoms with Gasteiger partial charge >= 0.3 is 5.97 Å². The van der Waals surface area contributed by atoms with Gasteiger partial charge in [0.05, 0.1) is 5.56 Å². The number of benzene rings is 2. The van der Waals surface area contributed by atoms with E-state index in [4.69, 9.17) is 4.74 Å². The van der Waals surface area contributed by atoms with Crippen LogP contribution in [-0.2, 0) is 11.3 Å². The van der Waals surface area contributed by atoms with Crippen molar-refractivity contribution in [1.29, 1.82) is 0 Å². The van der Waals surface area contributed by atoms with Gasteiger partial charge in [-0.1, -0.05) is 24.3 Å². The second kappa shape index (κ2) is 4.74. The molecule has 4 heteroatoms. The van der Waals surface area contributed by atoms with Crippen molar-refractivity contribution in [3.05, 3.63) is 58.7 Å². The predicted molar refractivity (Wildman–Crippen MR) is 74.3 cm³/mol. The van der Waals surface area contributed by atoms with Crippen molar-refractivity contribution in [3.8, 4) is 11.5 Å². The van der Waals surface area contributed by atoms with E-state index in [0.29, 0.717) is 5.56 Å². The molecule has 0 bridgehead atoms. The fraction of sp³-hybridized carbons (Fsp3) is 0.0625. The summed E-state index contributed by atoms with van der Waals surface area (Å²) in [6.45, 7) is 0.226. The van der Waals surface area contributed by atoms with Crippen LogP contribution < -0.4 is 0 Å². The maximum absolute atomic E-state index is 11.5. The molecule has 0 fully saturated rings. The van der Waals surface area contributed by atoms with E-state index in [1.165, 1.54) is 6.07 Å². The van der Waals surface area contributed by atoms with Gasteiger partial charge in [0.2, 0.25) is 0 Å². The van der Waals surface area contributed by atoms with Gasteiger partial charge in [0.15, 0.2) is 0 Å². The number of hydrogen-bond acceptors (Lipinski definition) is 4. The van der Waals surface area contributed by atoms with Gasteiger partial charge in [-0.05, 0) is 35.4 Å². The number of fused-ring (bicyclic) bond motifs is 1. The molecule has 0 atom stereocenters. The molecule has 0 amide bonds. The van der Waals surface area contributed by atoms with Gasteiger partial charge in [0.1, 0.15) is 18.1 Å². The number of cyclic esters (lactones) is 1. The molecule has 2 N–H and O–H groups in total. The highest BCUT2D eigenvalue weighted by atomic mass is 16.5. The molecule has 1 heterocycles. The zero-order valence-electron chi connectivity index (χ0n) is 10.5. The molecule has 2 aromatic rings. The van der Waals surface area contributed by atoms with Crippen molar-refractivity contribution in [1.82, 2.24) is 0 Å². The molecule has 0 unspecified atom stereocenters. The first-order valence-corrected chi connectivity index (χ1v) is 6.13. The largest absolute Gasteiger partial charge is 0.508 e. The molecule has 2 aromatic carbocycles. The first kappa shape index (κ1) is 12.3. The average molecular weight is 268 g/mol. The van der Waals surface area contributed by atoms with Crippen molar-refractivity contribution in [2.45, 2.75) is 6.61 Å². The Morgan fingerprint density at radius 1 is 1.00 bits per heavy atom. The molecular formula is C16H12O4. The third kappa shape index (κ3) is 2.23. The highest BCUT2D eigenvalue weighted by Gasteiger charge is 2.23. The summed E-state index contributed by atoms with van der Waals surface area (Å²) < 4.78 is 4.97. The summed E-state index contributed by atoms with van der Waals surface area (Å²) in [4.78, 5) is 11.5. The first-order chi connectivity index (χ1) is 9.63. The van der Waals surface area contributed by atoms with Crippen LogP contribution >= 0.6 is 0 Å². The molecule has 0 aliphatic carbocycles. The SMILES string of the molecule is O=C1OCc2c(/C=C/c3ccc(O)cc3)cc(O)cc21. The average Bonchev–Trinajstić information content (AvgIpc) is 2.80. The van der Waals surface area contributed by atoms with E-state index in [1.54, 1.807) is 30.3 Å². The second-order valence-electron chi connectivity index (χ2n) is 4.56. The molecular weight excluding hydrogens is 256 g/mol. The Morgan fingerprint density at radius 2 is 1.75 bits per heavy atom. The Balaban J connectivity index is 1.97. The number of aromatic hydroxyl groups is 2. The lowest BCUT2D eigenvalue weighted by molar-refractivity contribution is 0.0535. The number of carbonyl (C=O) groups excluding carboxylic acids is 1. The van der Waals surface area contributed by atoms with E-state index in [0.717, 1.165) is 16.7 Å². The zero-order valence-corrected chi connectivity index (χ0v) is 10.5. The minimum atomic E-state index is -0.407. The van der Waals surface area contributed by atoms with Crippen molar-refractivity contribution in [3.63, 3.8) is 0 Å². The lowest BCUT2D eigenvalue weighted by Crippen LogP contribution is -1.93. The quantitative estimate of drug-likeness (QED) is 0.649. The van der Waals surface area contributed by atoms with E-state index in [9.17, 15) is 15.0 Å². The smallest absolute Gasteiger partial charge is 0.339 e. The van der Waals surface area contributed by atoms with Gasteiger partial charge in [-0.2, -0.15) is 0 Å². The Hall–Kier alpha value is -2.75. The summed E-state index contributed by atoms with van der Waals surface area (Å²) >= 11 is 0. The van der Waals surface area contributed by atoms with Crippen LogP contribution in [0.15, 0.2) is 36.4 Å². The molecule has 3 rings (SSSR count). The highest BCUT2D eigenvalue weighted by Crippen LogP contribution is 2.29. The van der Waals surface area contributed by atoms with Gasteiger partial charge in [0, 0.05) is 5.56 Å². The summed E-state index contributed by atoms with van der Waals surface area (Å²) in [5.74, 6) is -0.164. The normalized spacial score (nSPS) is 13.5. The fourth-order valence-corrected chi connectivity index (χ4v) is 2.16. The summed E-state index contributed by atoms with van der Waals surface area (Å²) in [6.07, 6.45) is 3.66. The van der Waals surface area contributed by atoms with Gasteiger partial charge in [-0.25, -0.2) is 4.79 Å². The van der Waals surface area contributed by atoms with Crippen LogP contribution in [-0.4, -0.2) is 16.2 Å². The van der Waals surface area contributed by atoms with Crippen molar-refractivity contribution < 1.29 is 19.7 Å². The van der Waals surface area contributed by atoms with E-state index < -0.39 is 5.97 Å². The Bertz CT molecular complexity index is 699. The lowest BCUT2D eigenvalue weighted by Gasteiger charge is -2.02. The maximum Gasteiger partial charge on any atom is 0.339 e. The minimum absolute atomic E-state index is 0.0351. The Labute approximate surface area is 115 Å². The second-order valence-corrected chi connectivity index (χ2v) is 4.56. The molecule has 20 heavy (non-hydrogen) atoms. The molecule has 0 saturated heterocycles. The van der Waals surface area contributed by atoms with E-state index in [2.05, 4.69) is 0 Å². The standard InChI is InChI=1S/C16H12O4/c17-12-5-2-10(3-6-12)1-4-11-7-13(18)8-14-15(11)9-20-16(14)19/h1-8,17-18H,9H2/b4-1+. The zero-order chi connectivity index (χ0) is 14.1. The van der Waals surface area contributed by atoms with Crippen LogP contribution in [0.3, 0.4) is 0 Å². The van der Waals surface area contributed by atoms with Crippen molar-refractivity contribution in [2.24, 2.45) is 0 Å². The third-order valence-corrected chi connectivity index (χ3v) is 3.19. The Morgan fingerprint density at radius 3 is 2.50 bits per heavy atom. The van der Waals surface area contributed by atoms with Gasteiger partial charge in [-0.15, -0.1) is 0 Å². The molecule has 1 aliphatic heterocycles. The molecule has 0 radical (unpaired) electrons. The van der Waals surface area contributed by atoms with Gasteiger partial charge < -0.3 is 14.9 Å². The van der Waals surface area contributed by atoms with Crippen molar-refractivity contribution >= 4 is 18.1 Å². The fourth-order valence-electron chi connectivity index (χ4n) is 2.16. The summed E-state index contributed by atoms with van der Waals surface area (Å²) in [6, 6.07) is 9.76. The molecule has 100 valence electrons. The number of ether oxygens (including phenoxy) is 1. The number of carbonyl (C=O) groups is 1. The first-order valence-electron chi connectivity index (χ1n) is 6.13. The van der Waals surface area contributed by atoms with E-state index in [-0.39, 0.29) is 18.1 Å². The summed E-state index contributed by atoms with van der Waals surface area (Å²) in [7, 11) is 0. The topological polar surface area (TPSA) is 66.8 Å². The van der Waals surface area contributed by atoms with Crippen LogP contribution in [0.25, 0.3) is 12.2 Å². The van der Waals surface area contributed by atoms with E-state index in [1.807, 2.05) is 12.2 Å². The highest BCUT2D eigenvalue weighted by molar-refractivity contribution is 5.95. The van der Waals surface area contributed by atoms with Crippen LogP contribution in [0.2, 0.25) is 0 Å². The minimum Gasteiger partial charge on any atom is -0.508 e. The number of phenols is 2. The molecule has 0 aromatic heterocycles. The van der Waals surface area contributed by atoms with Crippen LogP contribution in [0.4, 0.5) is 0 Å². The maximum atomic E-state index is 11.5. The number of phenolic OH excluding ortho intramolecular Hbond substituents is 2. The number of rotatable bonds is 2. The van der Waals surface area contributed by atoms with Gasteiger partial charge in [0.25, 0.3) is 0 Å². The number of esters is 1. The summed E-state index contributed by atoms with van der Waals surface area (Å²) in [5, 5.41) is 18.9. The monoisotopic (exact) mass is 268 g/mol. The van der Waals surface area contributed by atoms with Crippen LogP contribution in [0.5, 0.6) is 11.5 Å². The number of hydrogen-bond donors (Lipinski definition) is 2. The molecule has 4 nitrogen and oxygen atoms in total. The van der Waals surface area contributed by atoms with Crippen LogP contribution in [0, 0.1) is 0 Å². The van der Waals surface area contributed by atoms with Crippen LogP contribution in [0.1, 0.15) is 27.0 Å². The predicted octanol–water partition coefficient (Wildman–Crippen LogP) is 2.94. The Kier molecular flexibility index (Phi) is 2.91. The summed E-state index contributed by atoms with van der Waals surface area (Å²) in [5.41, 5.74) is 2.85. The molecule has 1 aliphatic rings. The van der Waals surface area contributed by atoms with Crippen molar-refractivity contribution in [2.75, 3.05) is 0 Å². The lowest BCUT2D eigenvalue weighted by atomic mass is 10.0. The van der Waals surface area contributed by atoms with E-state index >= 15 is 0 Å².